The molecule has 1 aromatic heterocycles. The van der Waals surface area contributed by atoms with Crippen molar-refractivity contribution in [2.45, 2.75) is 66.8 Å². The lowest BCUT2D eigenvalue weighted by atomic mass is 10.1. The van der Waals surface area contributed by atoms with Crippen LogP contribution in [0, 0.1) is 13.8 Å². The fraction of sp³-hybridized carbons (Fsp3) is 0.545. The Morgan fingerprint density at radius 2 is 1.86 bits per heavy atom. The molecule has 29 heavy (non-hydrogen) atoms. The zero-order valence-electron chi connectivity index (χ0n) is 18.8. The summed E-state index contributed by atoms with van der Waals surface area (Å²) in [7, 11) is 1.97. The van der Waals surface area contributed by atoms with Crippen LogP contribution in [0.25, 0.3) is 0 Å². The number of nitrogens with one attached hydrogen (secondary N) is 2. The first-order valence-electron chi connectivity index (χ1n) is 9.92. The lowest BCUT2D eigenvalue weighted by Gasteiger charge is -2.19. The van der Waals surface area contributed by atoms with Gasteiger partial charge in [-0.25, -0.2) is 4.99 Å². The van der Waals surface area contributed by atoms with E-state index in [0.29, 0.717) is 19.7 Å². The maximum Gasteiger partial charge on any atom is 0.191 e. The van der Waals surface area contributed by atoms with Crippen molar-refractivity contribution in [2.75, 3.05) is 6.54 Å². The molecule has 0 amide bonds. The first-order chi connectivity index (χ1) is 13.2. The lowest BCUT2D eigenvalue weighted by Crippen LogP contribution is -2.37. The first-order valence-corrected chi connectivity index (χ1v) is 9.92. The number of benzene rings is 1. The summed E-state index contributed by atoms with van der Waals surface area (Å²) in [5.41, 5.74) is 5.64. The molecule has 0 bridgehead atoms. The minimum Gasteiger partial charge on any atom is -0.371 e. The van der Waals surface area contributed by atoms with Crippen LogP contribution in [-0.2, 0) is 31.5 Å². The minimum atomic E-state index is -0.140. The third-order valence-electron chi connectivity index (χ3n) is 4.52. The van der Waals surface area contributed by atoms with E-state index in [1.54, 1.807) is 0 Å². The van der Waals surface area contributed by atoms with Crippen LogP contribution in [0.15, 0.2) is 29.3 Å². The topological polar surface area (TPSA) is 63.5 Å². The smallest absolute Gasteiger partial charge is 0.191 e. The number of hydrogen-bond acceptors (Lipinski definition) is 3. The van der Waals surface area contributed by atoms with Crippen LogP contribution in [0.5, 0.6) is 0 Å². The predicted octanol–water partition coefficient (Wildman–Crippen LogP) is 4.23. The van der Waals surface area contributed by atoms with E-state index in [9.17, 15) is 0 Å². The molecular weight excluding hydrogens is 477 g/mol. The first kappa shape index (κ1) is 25.4. The summed E-state index contributed by atoms with van der Waals surface area (Å²) < 4.78 is 7.80. The van der Waals surface area contributed by atoms with Crippen LogP contribution in [0.1, 0.15) is 55.8 Å². The van der Waals surface area contributed by atoms with Crippen LogP contribution in [0.3, 0.4) is 0 Å². The van der Waals surface area contributed by atoms with Gasteiger partial charge in [-0.2, -0.15) is 5.10 Å². The van der Waals surface area contributed by atoms with Gasteiger partial charge in [0.1, 0.15) is 0 Å². The quantitative estimate of drug-likeness (QED) is 0.331. The molecule has 0 unspecified atom stereocenters. The molecule has 0 spiro atoms. The van der Waals surface area contributed by atoms with Gasteiger partial charge in [0.2, 0.25) is 0 Å². The number of aromatic nitrogens is 2. The molecule has 7 heteroatoms. The van der Waals surface area contributed by atoms with E-state index < -0.39 is 0 Å². The Balaban J connectivity index is 0.00000420. The molecule has 0 aliphatic rings. The van der Waals surface area contributed by atoms with Gasteiger partial charge in [-0.3, -0.25) is 4.68 Å². The molecular formula is C22H36IN5O. The number of aryl methyl sites for hydroxylation is 2. The summed E-state index contributed by atoms with van der Waals surface area (Å²) in [6.45, 7) is 15.2. The average Bonchev–Trinajstić information content (AvgIpc) is 2.87. The van der Waals surface area contributed by atoms with E-state index in [0.717, 1.165) is 18.2 Å². The van der Waals surface area contributed by atoms with Crippen molar-refractivity contribution < 1.29 is 4.74 Å². The Hall–Kier alpha value is -1.61. The zero-order valence-corrected chi connectivity index (χ0v) is 21.1. The third-order valence-corrected chi connectivity index (χ3v) is 4.52. The maximum absolute atomic E-state index is 5.88. The van der Waals surface area contributed by atoms with Crippen LogP contribution in [0.4, 0.5) is 0 Å². The van der Waals surface area contributed by atoms with Crippen LogP contribution in [-0.4, -0.2) is 27.9 Å². The fourth-order valence-corrected chi connectivity index (χ4v) is 2.88. The van der Waals surface area contributed by atoms with E-state index in [4.69, 9.17) is 9.73 Å². The van der Waals surface area contributed by atoms with Gasteiger partial charge in [0.15, 0.2) is 5.96 Å². The Labute approximate surface area is 192 Å². The maximum atomic E-state index is 5.88. The second-order valence-corrected chi connectivity index (χ2v) is 8.04. The van der Waals surface area contributed by atoms with Gasteiger partial charge in [-0.05, 0) is 52.7 Å². The summed E-state index contributed by atoms with van der Waals surface area (Å²) in [6, 6.07) is 8.42. The molecule has 0 saturated carbocycles. The molecule has 0 aliphatic carbocycles. The van der Waals surface area contributed by atoms with Gasteiger partial charge >= 0.3 is 0 Å². The normalized spacial score (nSPS) is 11.9. The average molecular weight is 513 g/mol. The molecule has 0 fully saturated rings. The summed E-state index contributed by atoms with van der Waals surface area (Å²) in [6.07, 6.45) is 0. The van der Waals surface area contributed by atoms with Crippen molar-refractivity contribution in [3.63, 3.8) is 0 Å². The lowest BCUT2D eigenvalue weighted by molar-refractivity contribution is -0.0149. The molecule has 1 heterocycles. The molecule has 2 rings (SSSR count). The molecule has 0 radical (unpaired) electrons. The Kier molecular flexibility index (Phi) is 10.1. The van der Waals surface area contributed by atoms with E-state index in [1.807, 2.05) is 18.7 Å². The largest absolute Gasteiger partial charge is 0.371 e. The standard InChI is InChI=1S/C22H35N5O.HI/c1-8-23-21(25-14-20-16(2)26-27(7)17(20)3)24-13-18-10-9-11-19(12-18)15-28-22(4,5)6;/h9-12H,8,13-15H2,1-7H3,(H2,23,24,25);1H. The van der Waals surface area contributed by atoms with E-state index in [-0.39, 0.29) is 29.6 Å². The molecule has 162 valence electrons. The monoisotopic (exact) mass is 513 g/mol. The molecule has 1 aromatic carbocycles. The van der Waals surface area contributed by atoms with Gasteiger partial charge in [-0.1, -0.05) is 24.3 Å². The van der Waals surface area contributed by atoms with Crippen molar-refractivity contribution in [3.05, 3.63) is 52.3 Å². The van der Waals surface area contributed by atoms with Gasteiger partial charge in [-0.15, -0.1) is 24.0 Å². The molecule has 2 N–H and O–H groups in total. The molecule has 0 saturated heterocycles. The van der Waals surface area contributed by atoms with Crippen molar-refractivity contribution in [1.29, 1.82) is 0 Å². The van der Waals surface area contributed by atoms with Crippen molar-refractivity contribution in [1.82, 2.24) is 20.4 Å². The highest BCUT2D eigenvalue weighted by atomic mass is 127. The number of rotatable bonds is 7. The SMILES string of the molecule is CCNC(=NCc1cccc(COC(C)(C)C)c1)NCc1c(C)nn(C)c1C.I. The third kappa shape index (κ3) is 8.34. The van der Waals surface area contributed by atoms with Crippen molar-refractivity contribution in [2.24, 2.45) is 12.0 Å². The van der Waals surface area contributed by atoms with Gasteiger partial charge in [0.05, 0.1) is 24.4 Å². The van der Waals surface area contributed by atoms with Crippen LogP contribution < -0.4 is 10.6 Å². The van der Waals surface area contributed by atoms with E-state index in [1.165, 1.54) is 22.4 Å². The number of aliphatic imine (C=N–C) groups is 1. The zero-order chi connectivity index (χ0) is 20.7. The molecule has 0 aliphatic heterocycles. The number of ether oxygens (including phenoxy) is 1. The van der Waals surface area contributed by atoms with E-state index >= 15 is 0 Å². The fourth-order valence-electron chi connectivity index (χ4n) is 2.88. The summed E-state index contributed by atoms with van der Waals surface area (Å²) >= 11 is 0. The molecule has 2 aromatic rings. The highest BCUT2D eigenvalue weighted by Crippen LogP contribution is 2.14. The predicted molar refractivity (Wildman–Crippen MR) is 131 cm³/mol. The molecule has 0 atom stereocenters. The number of halogens is 1. The second kappa shape index (κ2) is 11.5. The summed E-state index contributed by atoms with van der Waals surface area (Å²) in [5.74, 6) is 0.807. The number of guanidine groups is 1. The Morgan fingerprint density at radius 3 is 2.45 bits per heavy atom. The highest BCUT2D eigenvalue weighted by Gasteiger charge is 2.11. The van der Waals surface area contributed by atoms with Crippen LogP contribution >= 0.6 is 24.0 Å². The number of hydrogen-bond donors (Lipinski definition) is 2. The Morgan fingerprint density at radius 1 is 1.17 bits per heavy atom. The number of nitrogens with zero attached hydrogens (tertiary/aromatic N) is 3. The summed E-state index contributed by atoms with van der Waals surface area (Å²) in [5, 5.41) is 11.2. The van der Waals surface area contributed by atoms with Crippen molar-refractivity contribution >= 4 is 29.9 Å². The second-order valence-electron chi connectivity index (χ2n) is 8.04. The van der Waals surface area contributed by atoms with Gasteiger partial charge in [0.25, 0.3) is 0 Å². The highest BCUT2D eigenvalue weighted by molar-refractivity contribution is 14.0. The Bertz CT molecular complexity index is 808. The summed E-state index contributed by atoms with van der Waals surface area (Å²) in [4.78, 5) is 4.74. The van der Waals surface area contributed by atoms with E-state index in [2.05, 4.69) is 74.6 Å². The molecule has 6 nitrogen and oxygen atoms in total. The minimum absolute atomic E-state index is 0. The van der Waals surface area contributed by atoms with Gasteiger partial charge < -0.3 is 15.4 Å². The van der Waals surface area contributed by atoms with Crippen LogP contribution in [0.2, 0.25) is 0 Å². The van der Waals surface area contributed by atoms with Gasteiger partial charge in [0, 0.05) is 31.4 Å². The van der Waals surface area contributed by atoms with Crippen molar-refractivity contribution in [3.8, 4) is 0 Å².